The highest BCUT2D eigenvalue weighted by Gasteiger charge is 2.41. The van der Waals surface area contributed by atoms with E-state index in [-0.39, 0.29) is 10.9 Å². The van der Waals surface area contributed by atoms with Gasteiger partial charge in [-0.25, -0.2) is 0 Å². The van der Waals surface area contributed by atoms with E-state index < -0.39 is 10.8 Å². The lowest BCUT2D eigenvalue weighted by Gasteiger charge is -2.43. The van der Waals surface area contributed by atoms with Crippen molar-refractivity contribution in [1.82, 2.24) is 0 Å². The SMILES string of the molecule is Nc1ccc(Cl)cc1S(=O)C1CCOC2(CCSCC2)C1. The van der Waals surface area contributed by atoms with Crippen molar-refractivity contribution in [3.8, 4) is 0 Å². The zero-order valence-corrected chi connectivity index (χ0v) is 14.2. The molecule has 2 saturated heterocycles. The first-order chi connectivity index (χ1) is 10.1. The van der Waals surface area contributed by atoms with Crippen molar-refractivity contribution < 1.29 is 8.95 Å². The maximum atomic E-state index is 12.9. The molecule has 1 aromatic carbocycles. The van der Waals surface area contributed by atoms with Gasteiger partial charge in [0.1, 0.15) is 0 Å². The molecule has 2 fully saturated rings. The summed E-state index contributed by atoms with van der Waals surface area (Å²) in [6.45, 7) is 0.696. The third-order valence-electron chi connectivity index (χ3n) is 4.35. The number of hydrogen-bond acceptors (Lipinski definition) is 4. The molecule has 0 aliphatic carbocycles. The minimum atomic E-state index is -1.12. The van der Waals surface area contributed by atoms with E-state index in [4.69, 9.17) is 22.1 Å². The van der Waals surface area contributed by atoms with Crippen LogP contribution in [0.3, 0.4) is 0 Å². The Morgan fingerprint density at radius 2 is 2.14 bits per heavy atom. The van der Waals surface area contributed by atoms with Gasteiger partial charge in [-0.2, -0.15) is 11.8 Å². The molecule has 1 spiro atoms. The first-order valence-corrected chi connectivity index (χ1v) is 10.0. The third kappa shape index (κ3) is 3.41. The molecule has 2 aliphatic heterocycles. The van der Waals surface area contributed by atoms with E-state index in [0.29, 0.717) is 22.2 Å². The van der Waals surface area contributed by atoms with E-state index in [0.717, 1.165) is 37.2 Å². The van der Waals surface area contributed by atoms with Crippen molar-refractivity contribution in [3.63, 3.8) is 0 Å². The Morgan fingerprint density at radius 1 is 1.38 bits per heavy atom. The molecule has 21 heavy (non-hydrogen) atoms. The topological polar surface area (TPSA) is 52.3 Å². The Hall–Kier alpha value is -0.230. The van der Waals surface area contributed by atoms with Gasteiger partial charge in [0.25, 0.3) is 0 Å². The minimum Gasteiger partial charge on any atom is -0.398 e. The number of rotatable bonds is 2. The summed E-state index contributed by atoms with van der Waals surface area (Å²) >= 11 is 8.00. The van der Waals surface area contributed by atoms with Crippen LogP contribution >= 0.6 is 23.4 Å². The highest BCUT2D eigenvalue weighted by molar-refractivity contribution is 7.99. The largest absolute Gasteiger partial charge is 0.398 e. The fourth-order valence-corrected chi connectivity index (χ4v) is 6.26. The van der Waals surface area contributed by atoms with E-state index in [1.54, 1.807) is 18.2 Å². The summed E-state index contributed by atoms with van der Waals surface area (Å²) in [5.74, 6) is 2.28. The summed E-state index contributed by atoms with van der Waals surface area (Å²) < 4.78 is 19.0. The summed E-state index contributed by atoms with van der Waals surface area (Å²) in [7, 11) is -1.12. The average molecular weight is 346 g/mol. The molecule has 0 radical (unpaired) electrons. The Kier molecular flexibility index (Phi) is 4.84. The Morgan fingerprint density at radius 3 is 2.90 bits per heavy atom. The molecule has 3 rings (SSSR count). The Balaban J connectivity index is 1.79. The van der Waals surface area contributed by atoms with Crippen molar-refractivity contribution in [1.29, 1.82) is 0 Å². The Labute approximate surface area is 137 Å². The van der Waals surface area contributed by atoms with E-state index in [1.807, 2.05) is 11.8 Å². The van der Waals surface area contributed by atoms with Gasteiger partial charge in [0, 0.05) is 22.6 Å². The normalized spacial score (nSPS) is 26.6. The lowest BCUT2D eigenvalue weighted by molar-refractivity contribution is -0.0809. The number of halogens is 1. The number of anilines is 1. The van der Waals surface area contributed by atoms with E-state index >= 15 is 0 Å². The van der Waals surface area contributed by atoms with Crippen LogP contribution in [0.5, 0.6) is 0 Å². The lowest BCUT2D eigenvalue weighted by atomic mass is 9.88. The molecule has 0 bridgehead atoms. The number of hydrogen-bond donors (Lipinski definition) is 1. The molecule has 2 atom stereocenters. The van der Waals surface area contributed by atoms with Crippen molar-refractivity contribution in [2.45, 2.75) is 41.4 Å². The zero-order valence-electron chi connectivity index (χ0n) is 11.8. The van der Waals surface area contributed by atoms with Crippen LogP contribution in [0.1, 0.15) is 25.7 Å². The van der Waals surface area contributed by atoms with Crippen LogP contribution in [0, 0.1) is 0 Å². The number of benzene rings is 1. The first kappa shape index (κ1) is 15.7. The van der Waals surface area contributed by atoms with Gasteiger partial charge in [0.05, 0.1) is 21.3 Å². The molecule has 1 aromatic rings. The summed E-state index contributed by atoms with van der Waals surface area (Å²) in [4.78, 5) is 0.676. The smallest absolute Gasteiger partial charge is 0.0709 e. The maximum Gasteiger partial charge on any atom is 0.0709 e. The molecule has 2 unspecified atom stereocenters. The molecular weight excluding hydrogens is 326 g/mol. The summed E-state index contributed by atoms with van der Waals surface area (Å²) in [5.41, 5.74) is 6.49. The number of thioether (sulfide) groups is 1. The van der Waals surface area contributed by atoms with Gasteiger partial charge in [0.2, 0.25) is 0 Å². The van der Waals surface area contributed by atoms with Crippen LogP contribution in [-0.4, -0.2) is 33.2 Å². The number of nitrogen functional groups attached to an aromatic ring is 1. The van der Waals surface area contributed by atoms with Crippen molar-refractivity contribution in [2.24, 2.45) is 0 Å². The van der Waals surface area contributed by atoms with Gasteiger partial charge < -0.3 is 10.5 Å². The van der Waals surface area contributed by atoms with Crippen molar-refractivity contribution >= 4 is 39.8 Å². The molecule has 0 aromatic heterocycles. The predicted octanol–water partition coefficient (Wildman–Crippen LogP) is 3.47. The van der Waals surface area contributed by atoms with E-state index in [1.165, 1.54) is 0 Å². The minimum absolute atomic E-state index is 0.0584. The quantitative estimate of drug-likeness (QED) is 0.834. The van der Waals surface area contributed by atoms with Gasteiger partial charge in [-0.1, -0.05) is 11.6 Å². The first-order valence-electron chi connectivity index (χ1n) is 7.27. The second-order valence-electron chi connectivity index (χ2n) is 5.74. The molecule has 2 N–H and O–H groups in total. The fourth-order valence-electron chi connectivity index (χ4n) is 3.12. The molecule has 116 valence electrons. The van der Waals surface area contributed by atoms with Crippen LogP contribution in [-0.2, 0) is 15.5 Å². The highest BCUT2D eigenvalue weighted by atomic mass is 35.5. The fraction of sp³-hybridized carbons (Fsp3) is 0.600. The average Bonchev–Trinajstić information content (AvgIpc) is 2.50. The highest BCUT2D eigenvalue weighted by Crippen LogP contribution is 2.40. The van der Waals surface area contributed by atoms with Crippen LogP contribution in [0.25, 0.3) is 0 Å². The van der Waals surface area contributed by atoms with Gasteiger partial charge in [0.15, 0.2) is 0 Å². The lowest BCUT2D eigenvalue weighted by Crippen LogP contribution is -2.45. The second-order valence-corrected chi connectivity index (χ2v) is 9.10. The summed E-state index contributed by atoms with van der Waals surface area (Å²) in [6, 6.07) is 5.22. The van der Waals surface area contributed by atoms with E-state index in [2.05, 4.69) is 0 Å². The van der Waals surface area contributed by atoms with E-state index in [9.17, 15) is 4.21 Å². The standard InChI is InChI=1S/C15H20ClNO2S2/c16-11-1-2-13(17)14(9-11)21(18)12-3-6-19-15(10-12)4-7-20-8-5-15/h1-2,9,12H,3-8,10,17H2. The van der Waals surface area contributed by atoms with Gasteiger partial charge in [-0.05, 0) is 55.4 Å². The van der Waals surface area contributed by atoms with Crippen molar-refractivity contribution in [2.75, 3.05) is 23.8 Å². The molecule has 0 saturated carbocycles. The second kappa shape index (κ2) is 6.49. The van der Waals surface area contributed by atoms with Gasteiger partial charge in [-0.3, -0.25) is 4.21 Å². The van der Waals surface area contributed by atoms with Crippen LogP contribution in [0.15, 0.2) is 23.1 Å². The molecule has 2 heterocycles. The van der Waals surface area contributed by atoms with Gasteiger partial charge >= 0.3 is 0 Å². The van der Waals surface area contributed by atoms with Crippen LogP contribution < -0.4 is 5.73 Å². The van der Waals surface area contributed by atoms with Crippen LogP contribution in [0.2, 0.25) is 5.02 Å². The Bertz CT molecular complexity index is 541. The van der Waals surface area contributed by atoms with Gasteiger partial charge in [-0.15, -0.1) is 0 Å². The monoisotopic (exact) mass is 345 g/mol. The number of nitrogens with two attached hydrogens (primary N) is 1. The third-order valence-corrected chi connectivity index (χ3v) is 7.36. The van der Waals surface area contributed by atoms with Crippen LogP contribution in [0.4, 0.5) is 5.69 Å². The number of ether oxygens (including phenoxy) is 1. The predicted molar refractivity (Wildman–Crippen MR) is 90.5 cm³/mol. The molecule has 0 amide bonds. The maximum absolute atomic E-state index is 12.9. The molecular formula is C15H20ClNO2S2. The zero-order chi connectivity index (χ0) is 14.9. The summed E-state index contributed by atoms with van der Waals surface area (Å²) in [6.07, 6.45) is 3.83. The molecule has 3 nitrogen and oxygen atoms in total. The molecule has 6 heteroatoms. The molecule has 2 aliphatic rings. The van der Waals surface area contributed by atoms with Crippen molar-refractivity contribution in [3.05, 3.63) is 23.2 Å². The summed E-state index contributed by atoms with van der Waals surface area (Å²) in [5, 5.41) is 0.700.